The molecule has 0 saturated carbocycles. The molecule has 3 N–H and O–H groups in total. The smallest absolute Gasteiger partial charge is 0.436 e. The third-order valence-electron chi connectivity index (χ3n) is 5.89. The van der Waals surface area contributed by atoms with Crippen molar-refractivity contribution >= 4 is 40.9 Å². The number of imide groups is 1. The van der Waals surface area contributed by atoms with Crippen molar-refractivity contribution in [3.8, 4) is 6.07 Å². The predicted octanol–water partition coefficient (Wildman–Crippen LogP) is 5.27. The molecule has 32 heavy (non-hydrogen) atoms. The number of hydrogen-bond donors (Lipinski definition) is 3. The zero-order valence-electron chi connectivity index (χ0n) is 20.0. The van der Waals surface area contributed by atoms with Gasteiger partial charge < -0.3 is 20.2 Å². The summed E-state index contributed by atoms with van der Waals surface area (Å²) in [6.45, 7) is 15.8. The Labute approximate surface area is 202 Å². The minimum Gasteiger partial charge on any atom is -0.464 e. The molecule has 1 rings (SSSR count). The van der Waals surface area contributed by atoms with E-state index in [-0.39, 0.29) is 5.01 Å². The average Bonchev–Trinajstić information content (AvgIpc) is 2.54. The SMILES string of the molecule is CC(C)(C)N1C=CC(I)C(C#N)(C(C)(C)C)C1(N(C(=O)O)N(C(=O)O)C(=O)O)C(C)(C)C. The van der Waals surface area contributed by atoms with Gasteiger partial charge in [-0.2, -0.15) is 10.3 Å². The summed E-state index contributed by atoms with van der Waals surface area (Å²) in [5.41, 5.74) is -6.47. The molecule has 11 heteroatoms. The number of nitriles is 1. The van der Waals surface area contributed by atoms with Gasteiger partial charge in [-0.3, -0.25) is 0 Å². The number of hydrogen-bond acceptors (Lipinski definition) is 5. The van der Waals surface area contributed by atoms with E-state index in [0.29, 0.717) is 5.01 Å². The molecule has 3 amide bonds. The average molecular weight is 564 g/mol. The van der Waals surface area contributed by atoms with Crippen LogP contribution in [-0.2, 0) is 0 Å². The summed E-state index contributed by atoms with van der Waals surface area (Å²) in [7, 11) is 0. The summed E-state index contributed by atoms with van der Waals surface area (Å²) in [4.78, 5) is 38.6. The maximum atomic E-state index is 12.8. The molecule has 0 aliphatic carbocycles. The maximum absolute atomic E-state index is 12.8. The summed E-state index contributed by atoms with van der Waals surface area (Å²) >= 11 is 2.05. The molecule has 0 saturated heterocycles. The van der Waals surface area contributed by atoms with Crippen LogP contribution in [0.25, 0.3) is 0 Å². The van der Waals surface area contributed by atoms with Gasteiger partial charge in [-0.25, -0.2) is 14.4 Å². The minimum absolute atomic E-state index is 0.229. The van der Waals surface area contributed by atoms with Crippen LogP contribution >= 0.6 is 22.6 Å². The lowest BCUT2D eigenvalue weighted by atomic mass is 9.50. The number of alkyl halides is 1. The van der Waals surface area contributed by atoms with Gasteiger partial charge in [0.2, 0.25) is 0 Å². The number of carboxylic acid groups (broad SMARTS) is 3. The fourth-order valence-electron chi connectivity index (χ4n) is 4.91. The van der Waals surface area contributed by atoms with Crippen LogP contribution in [0.2, 0.25) is 0 Å². The van der Waals surface area contributed by atoms with E-state index in [4.69, 9.17) is 0 Å². The van der Waals surface area contributed by atoms with E-state index in [1.165, 1.54) is 0 Å². The maximum Gasteiger partial charge on any atom is 0.436 e. The normalized spacial score (nSPS) is 26.3. The first kappa shape index (κ1) is 27.8. The van der Waals surface area contributed by atoms with Gasteiger partial charge in [-0.1, -0.05) is 70.2 Å². The van der Waals surface area contributed by atoms with Gasteiger partial charge >= 0.3 is 18.3 Å². The van der Waals surface area contributed by atoms with E-state index < -0.39 is 49.7 Å². The summed E-state index contributed by atoms with van der Waals surface area (Å²) in [5, 5.41) is 40.8. The second-order valence-electron chi connectivity index (χ2n) is 10.8. The third-order valence-corrected chi connectivity index (χ3v) is 7.24. The van der Waals surface area contributed by atoms with Crippen LogP contribution in [0.15, 0.2) is 12.3 Å². The number of halogens is 1. The molecule has 0 aromatic rings. The molecule has 180 valence electrons. The zero-order chi connectivity index (χ0) is 25.7. The lowest BCUT2D eigenvalue weighted by molar-refractivity contribution is -0.252. The van der Waals surface area contributed by atoms with Crippen LogP contribution < -0.4 is 0 Å². The molecule has 0 spiro atoms. The third kappa shape index (κ3) is 3.76. The molecule has 1 aliphatic rings. The molecule has 0 radical (unpaired) electrons. The Morgan fingerprint density at radius 2 is 1.38 bits per heavy atom. The standard InChI is InChI=1S/C21H33IN4O6/c1-17(2,3)20(12-23)13(22)10-11-24(19(7,8)9)21(20,18(4,5)6)26(16(31)32)25(14(27)28)15(29)30/h10-11,13H,1-9H3,(H,27,28)(H,29,30)(H,31,32). The molecule has 3 unspecified atom stereocenters. The topological polar surface area (TPSA) is 145 Å². The molecule has 1 aliphatic heterocycles. The Hall–Kier alpha value is -2.23. The Balaban J connectivity index is 4.57. The largest absolute Gasteiger partial charge is 0.464 e. The van der Waals surface area contributed by atoms with Crippen molar-refractivity contribution in [3.05, 3.63) is 12.3 Å². The van der Waals surface area contributed by atoms with Gasteiger partial charge in [-0.05, 0) is 32.4 Å². The van der Waals surface area contributed by atoms with Crippen molar-refractivity contribution in [2.45, 2.75) is 77.4 Å². The number of nitrogens with zero attached hydrogens (tertiary/aromatic N) is 4. The molecule has 0 bridgehead atoms. The molecular weight excluding hydrogens is 531 g/mol. The van der Waals surface area contributed by atoms with E-state index in [0.717, 1.165) is 0 Å². The van der Waals surface area contributed by atoms with Crippen LogP contribution in [0.3, 0.4) is 0 Å². The van der Waals surface area contributed by atoms with Gasteiger partial charge in [0.15, 0.2) is 5.66 Å². The first-order chi connectivity index (χ1) is 14.2. The minimum atomic E-state index is -1.99. The van der Waals surface area contributed by atoms with E-state index >= 15 is 0 Å². The Bertz CT molecular complexity index is 849. The van der Waals surface area contributed by atoms with E-state index in [2.05, 4.69) is 6.07 Å². The quantitative estimate of drug-likeness (QED) is 0.222. The fourth-order valence-corrected chi connectivity index (χ4v) is 6.60. The van der Waals surface area contributed by atoms with Crippen LogP contribution in [0.5, 0.6) is 0 Å². The van der Waals surface area contributed by atoms with Crippen molar-refractivity contribution < 1.29 is 29.7 Å². The number of allylic oxidation sites excluding steroid dienone is 1. The van der Waals surface area contributed by atoms with Gasteiger partial charge in [0.1, 0.15) is 5.41 Å². The highest BCUT2D eigenvalue weighted by Gasteiger charge is 2.76. The number of hydrazine groups is 1. The Morgan fingerprint density at radius 3 is 1.62 bits per heavy atom. The van der Waals surface area contributed by atoms with Crippen LogP contribution in [0.1, 0.15) is 62.3 Å². The Kier molecular flexibility index (Phi) is 7.19. The molecular formula is C21H33IN4O6. The summed E-state index contributed by atoms with van der Waals surface area (Å²) in [6.07, 6.45) is -2.37. The molecule has 0 aromatic carbocycles. The molecule has 0 aromatic heterocycles. The van der Waals surface area contributed by atoms with E-state index in [1.54, 1.807) is 79.5 Å². The monoisotopic (exact) mass is 564 g/mol. The highest BCUT2D eigenvalue weighted by Crippen LogP contribution is 2.64. The highest BCUT2D eigenvalue weighted by molar-refractivity contribution is 14.1. The van der Waals surface area contributed by atoms with Crippen molar-refractivity contribution in [2.75, 3.05) is 0 Å². The van der Waals surface area contributed by atoms with E-state index in [1.807, 2.05) is 22.6 Å². The van der Waals surface area contributed by atoms with Crippen LogP contribution in [0.4, 0.5) is 14.4 Å². The second kappa shape index (κ2) is 8.28. The number of amides is 3. The van der Waals surface area contributed by atoms with Crippen LogP contribution in [-0.4, -0.2) is 63.6 Å². The first-order valence-corrected chi connectivity index (χ1v) is 11.2. The predicted molar refractivity (Wildman–Crippen MR) is 126 cm³/mol. The van der Waals surface area contributed by atoms with Crippen molar-refractivity contribution in [3.63, 3.8) is 0 Å². The van der Waals surface area contributed by atoms with Gasteiger partial charge in [0.05, 0.1) is 9.99 Å². The molecule has 1 heterocycles. The van der Waals surface area contributed by atoms with Gasteiger partial charge in [-0.15, -0.1) is 5.01 Å². The van der Waals surface area contributed by atoms with Crippen molar-refractivity contribution in [2.24, 2.45) is 16.2 Å². The number of rotatable bonds is 1. The zero-order valence-corrected chi connectivity index (χ0v) is 22.1. The number of carbonyl (C=O) groups is 3. The summed E-state index contributed by atoms with van der Waals surface area (Å²) in [6, 6.07) is 2.36. The first-order valence-electron chi connectivity index (χ1n) is 9.98. The lowest BCUT2D eigenvalue weighted by Gasteiger charge is -2.70. The van der Waals surface area contributed by atoms with Crippen molar-refractivity contribution in [1.29, 1.82) is 5.26 Å². The summed E-state index contributed by atoms with van der Waals surface area (Å²) in [5.74, 6) is 0. The fraction of sp³-hybridized carbons (Fsp3) is 0.714. The lowest BCUT2D eigenvalue weighted by Crippen LogP contribution is -2.84. The van der Waals surface area contributed by atoms with E-state index in [9.17, 15) is 35.0 Å². The molecule has 10 nitrogen and oxygen atoms in total. The Morgan fingerprint density at radius 1 is 0.938 bits per heavy atom. The van der Waals surface area contributed by atoms with Gasteiger partial charge in [0.25, 0.3) is 0 Å². The molecule has 0 fully saturated rings. The molecule has 3 atom stereocenters. The van der Waals surface area contributed by atoms with Crippen molar-refractivity contribution in [1.82, 2.24) is 14.9 Å². The van der Waals surface area contributed by atoms with Gasteiger partial charge in [0, 0.05) is 11.0 Å². The highest BCUT2D eigenvalue weighted by atomic mass is 127. The summed E-state index contributed by atoms with van der Waals surface area (Å²) < 4.78 is -0.589. The second-order valence-corrected chi connectivity index (χ2v) is 12.2. The van der Waals surface area contributed by atoms with Crippen LogP contribution in [0, 0.1) is 27.6 Å².